The van der Waals surface area contributed by atoms with Crippen LogP contribution in [0.3, 0.4) is 0 Å². The zero-order valence-corrected chi connectivity index (χ0v) is 9.92. The van der Waals surface area contributed by atoms with Crippen LogP contribution in [0.5, 0.6) is 0 Å². The molecule has 0 fully saturated rings. The summed E-state index contributed by atoms with van der Waals surface area (Å²) in [4.78, 5) is 15.7. The number of aliphatic carboxylic acids is 1. The number of fused-ring (bicyclic) bond motifs is 1. The predicted molar refractivity (Wildman–Crippen MR) is 67.0 cm³/mol. The normalized spacial score (nSPS) is 12.9. The summed E-state index contributed by atoms with van der Waals surface area (Å²) in [6.45, 7) is 3.80. The van der Waals surface area contributed by atoms with Crippen LogP contribution in [-0.4, -0.2) is 16.1 Å². The molecule has 1 atom stereocenters. The lowest BCUT2D eigenvalue weighted by atomic mass is 9.92. The molecule has 1 heterocycles. The second-order valence-corrected chi connectivity index (χ2v) is 4.49. The molecule has 88 valence electrons. The molecule has 0 aliphatic heterocycles. The van der Waals surface area contributed by atoms with Gasteiger partial charge in [-0.15, -0.1) is 0 Å². The summed E-state index contributed by atoms with van der Waals surface area (Å²) in [7, 11) is 0. The Labute approximate surface area is 100 Å². The lowest BCUT2D eigenvalue weighted by molar-refractivity contribution is -0.139. The Morgan fingerprint density at radius 2 is 1.88 bits per heavy atom. The first-order valence-corrected chi connectivity index (χ1v) is 5.68. The van der Waals surface area contributed by atoms with Crippen LogP contribution in [0.15, 0.2) is 36.4 Å². The van der Waals surface area contributed by atoms with E-state index < -0.39 is 11.9 Å². The number of rotatable bonds is 3. The molecule has 0 saturated heterocycles. The number of benzene rings is 1. The van der Waals surface area contributed by atoms with Crippen molar-refractivity contribution in [2.24, 2.45) is 5.92 Å². The van der Waals surface area contributed by atoms with E-state index in [9.17, 15) is 9.90 Å². The van der Waals surface area contributed by atoms with E-state index in [0.29, 0.717) is 5.69 Å². The maximum Gasteiger partial charge on any atom is 0.312 e. The van der Waals surface area contributed by atoms with Gasteiger partial charge in [0.15, 0.2) is 0 Å². The smallest absolute Gasteiger partial charge is 0.312 e. The second-order valence-electron chi connectivity index (χ2n) is 4.49. The van der Waals surface area contributed by atoms with Crippen molar-refractivity contribution in [1.29, 1.82) is 0 Å². The number of hydrogen-bond donors (Lipinski definition) is 1. The molecule has 1 N–H and O–H groups in total. The fourth-order valence-corrected chi connectivity index (χ4v) is 2.01. The highest BCUT2D eigenvalue weighted by Crippen LogP contribution is 2.25. The van der Waals surface area contributed by atoms with Gasteiger partial charge in [-0.2, -0.15) is 0 Å². The number of aromatic nitrogens is 1. The molecule has 0 amide bonds. The summed E-state index contributed by atoms with van der Waals surface area (Å²) in [5.74, 6) is -1.33. The van der Waals surface area contributed by atoms with Crippen LogP contribution >= 0.6 is 0 Å². The maximum absolute atomic E-state index is 11.2. The minimum absolute atomic E-state index is 0.0289. The van der Waals surface area contributed by atoms with Crippen molar-refractivity contribution in [1.82, 2.24) is 4.98 Å². The summed E-state index contributed by atoms with van der Waals surface area (Å²) in [6, 6.07) is 11.5. The molecule has 0 saturated carbocycles. The van der Waals surface area contributed by atoms with Crippen LogP contribution in [0.4, 0.5) is 0 Å². The van der Waals surface area contributed by atoms with E-state index in [-0.39, 0.29) is 5.92 Å². The number of para-hydroxylation sites is 1. The highest BCUT2D eigenvalue weighted by molar-refractivity contribution is 5.81. The van der Waals surface area contributed by atoms with E-state index in [1.54, 1.807) is 6.07 Å². The molecule has 2 rings (SSSR count). The average molecular weight is 229 g/mol. The number of nitrogens with zero attached hydrogens (tertiary/aromatic N) is 1. The molecule has 1 aromatic heterocycles. The molecular weight excluding hydrogens is 214 g/mol. The van der Waals surface area contributed by atoms with E-state index in [0.717, 1.165) is 10.9 Å². The minimum Gasteiger partial charge on any atom is -0.481 e. The minimum atomic E-state index is -0.817. The average Bonchev–Trinajstić information content (AvgIpc) is 2.28. The van der Waals surface area contributed by atoms with Gasteiger partial charge in [-0.3, -0.25) is 9.78 Å². The summed E-state index contributed by atoms with van der Waals surface area (Å²) in [6.07, 6.45) is 0. The van der Waals surface area contributed by atoms with Gasteiger partial charge in [-0.1, -0.05) is 38.1 Å². The molecule has 0 spiro atoms. The van der Waals surface area contributed by atoms with Crippen molar-refractivity contribution in [2.45, 2.75) is 19.8 Å². The Bertz CT molecular complexity index is 549. The molecule has 17 heavy (non-hydrogen) atoms. The zero-order chi connectivity index (χ0) is 12.4. The Balaban J connectivity index is 2.51. The molecule has 3 heteroatoms. The largest absolute Gasteiger partial charge is 0.481 e. The fraction of sp³-hybridized carbons (Fsp3) is 0.286. The number of pyridine rings is 1. The van der Waals surface area contributed by atoms with Gasteiger partial charge in [0, 0.05) is 5.39 Å². The molecule has 0 aliphatic rings. The molecule has 3 nitrogen and oxygen atoms in total. The first-order chi connectivity index (χ1) is 8.09. The summed E-state index contributed by atoms with van der Waals surface area (Å²) in [5.41, 5.74) is 1.48. The molecule has 1 aromatic carbocycles. The standard InChI is InChI=1S/C14H15NO2/c1-9(2)13(14(16)17)12-8-7-10-5-3-4-6-11(10)15-12/h3-9,13H,1-2H3,(H,16,17). The first kappa shape index (κ1) is 11.6. The van der Waals surface area contributed by atoms with Gasteiger partial charge in [0.05, 0.1) is 11.2 Å². The van der Waals surface area contributed by atoms with Gasteiger partial charge in [0.25, 0.3) is 0 Å². The predicted octanol–water partition coefficient (Wildman–Crippen LogP) is 3.06. The molecule has 0 aliphatic carbocycles. The topological polar surface area (TPSA) is 50.2 Å². The van der Waals surface area contributed by atoms with Gasteiger partial charge in [0.1, 0.15) is 5.92 Å². The van der Waals surface area contributed by atoms with Crippen LogP contribution in [-0.2, 0) is 4.79 Å². The summed E-state index contributed by atoms with van der Waals surface area (Å²) < 4.78 is 0. The molecule has 2 aromatic rings. The number of carboxylic acid groups (broad SMARTS) is 1. The van der Waals surface area contributed by atoms with Gasteiger partial charge < -0.3 is 5.11 Å². The van der Waals surface area contributed by atoms with Gasteiger partial charge in [0.2, 0.25) is 0 Å². The fourth-order valence-electron chi connectivity index (χ4n) is 2.01. The van der Waals surface area contributed by atoms with E-state index in [4.69, 9.17) is 0 Å². The molecule has 1 unspecified atom stereocenters. The number of hydrogen-bond acceptors (Lipinski definition) is 2. The second kappa shape index (κ2) is 4.53. The van der Waals surface area contributed by atoms with Crippen LogP contribution in [0, 0.1) is 5.92 Å². The highest BCUT2D eigenvalue weighted by Gasteiger charge is 2.24. The third-order valence-corrected chi connectivity index (χ3v) is 2.87. The quantitative estimate of drug-likeness (QED) is 0.880. The Morgan fingerprint density at radius 1 is 1.18 bits per heavy atom. The Morgan fingerprint density at radius 3 is 2.53 bits per heavy atom. The van der Waals surface area contributed by atoms with E-state index in [1.165, 1.54) is 0 Å². The monoisotopic (exact) mass is 229 g/mol. The van der Waals surface area contributed by atoms with Crippen LogP contribution in [0.2, 0.25) is 0 Å². The highest BCUT2D eigenvalue weighted by atomic mass is 16.4. The van der Waals surface area contributed by atoms with Crippen molar-refractivity contribution < 1.29 is 9.90 Å². The van der Waals surface area contributed by atoms with E-state index >= 15 is 0 Å². The first-order valence-electron chi connectivity index (χ1n) is 5.68. The zero-order valence-electron chi connectivity index (χ0n) is 9.92. The maximum atomic E-state index is 11.2. The SMILES string of the molecule is CC(C)C(C(=O)O)c1ccc2ccccc2n1. The van der Waals surface area contributed by atoms with Crippen molar-refractivity contribution in [3.8, 4) is 0 Å². The third kappa shape index (κ3) is 2.28. The van der Waals surface area contributed by atoms with Crippen molar-refractivity contribution in [2.75, 3.05) is 0 Å². The molecule has 0 radical (unpaired) electrons. The Hall–Kier alpha value is -1.90. The lowest BCUT2D eigenvalue weighted by Gasteiger charge is -2.15. The van der Waals surface area contributed by atoms with Crippen molar-refractivity contribution in [3.63, 3.8) is 0 Å². The van der Waals surface area contributed by atoms with Crippen LogP contribution in [0.25, 0.3) is 10.9 Å². The third-order valence-electron chi connectivity index (χ3n) is 2.87. The number of carboxylic acids is 1. The van der Waals surface area contributed by atoms with Crippen LogP contribution < -0.4 is 0 Å². The Kier molecular flexibility index (Phi) is 3.09. The summed E-state index contributed by atoms with van der Waals surface area (Å²) >= 11 is 0. The van der Waals surface area contributed by atoms with E-state index in [1.807, 2.05) is 44.2 Å². The van der Waals surface area contributed by atoms with Gasteiger partial charge in [-0.05, 0) is 18.1 Å². The number of carbonyl (C=O) groups is 1. The van der Waals surface area contributed by atoms with E-state index in [2.05, 4.69) is 4.98 Å². The van der Waals surface area contributed by atoms with Crippen molar-refractivity contribution >= 4 is 16.9 Å². The van der Waals surface area contributed by atoms with Gasteiger partial charge in [-0.25, -0.2) is 0 Å². The molecule has 0 bridgehead atoms. The van der Waals surface area contributed by atoms with Crippen molar-refractivity contribution in [3.05, 3.63) is 42.1 Å². The molecular formula is C14H15NO2. The lowest BCUT2D eigenvalue weighted by Crippen LogP contribution is -2.18. The summed E-state index contributed by atoms with van der Waals surface area (Å²) in [5, 5.41) is 10.3. The van der Waals surface area contributed by atoms with Gasteiger partial charge >= 0.3 is 5.97 Å². The van der Waals surface area contributed by atoms with Crippen LogP contribution in [0.1, 0.15) is 25.5 Å².